The summed E-state index contributed by atoms with van der Waals surface area (Å²) in [7, 11) is 1.34. The molecule has 5 nitrogen and oxygen atoms in total. The van der Waals surface area contributed by atoms with E-state index in [1.165, 1.54) is 7.11 Å². The molecule has 0 aliphatic rings. The molecule has 3 aromatic rings. The minimum absolute atomic E-state index is 0.116. The Morgan fingerprint density at radius 2 is 2.00 bits per heavy atom. The maximum atomic E-state index is 12.7. The molecule has 25 heavy (non-hydrogen) atoms. The number of methoxy groups -OCH3 is 1. The van der Waals surface area contributed by atoms with Crippen LogP contribution in [0, 0.1) is 0 Å². The third kappa shape index (κ3) is 3.28. The molecule has 0 amide bonds. The van der Waals surface area contributed by atoms with Crippen molar-refractivity contribution in [1.82, 2.24) is 9.55 Å². The quantitative estimate of drug-likeness (QED) is 0.672. The number of benzene rings is 2. The summed E-state index contributed by atoms with van der Waals surface area (Å²) in [6, 6.07) is 12.2. The monoisotopic (exact) mass is 356 g/mol. The minimum Gasteiger partial charge on any atom is -0.465 e. The number of nitrogens with zero attached hydrogens (tertiary/aromatic N) is 2. The Balaban J connectivity index is 2.17. The first kappa shape index (κ1) is 17.2. The molecule has 2 aromatic carbocycles. The van der Waals surface area contributed by atoms with E-state index in [4.69, 9.17) is 16.3 Å². The zero-order valence-electron chi connectivity index (χ0n) is 14.0. The second kappa shape index (κ2) is 7.07. The summed E-state index contributed by atoms with van der Waals surface area (Å²) in [6.45, 7) is 2.38. The Labute approximate surface area is 149 Å². The van der Waals surface area contributed by atoms with Crippen molar-refractivity contribution in [1.29, 1.82) is 0 Å². The van der Waals surface area contributed by atoms with Crippen LogP contribution in [0.1, 0.15) is 28.7 Å². The summed E-state index contributed by atoms with van der Waals surface area (Å²) in [4.78, 5) is 29.3. The highest BCUT2D eigenvalue weighted by atomic mass is 35.5. The van der Waals surface area contributed by atoms with E-state index < -0.39 is 5.97 Å². The Morgan fingerprint density at radius 3 is 2.72 bits per heavy atom. The van der Waals surface area contributed by atoms with Gasteiger partial charge in [0.05, 0.1) is 23.6 Å². The molecular weight excluding hydrogens is 340 g/mol. The van der Waals surface area contributed by atoms with E-state index in [0.717, 1.165) is 5.56 Å². The smallest absolute Gasteiger partial charge is 0.338 e. The summed E-state index contributed by atoms with van der Waals surface area (Å²) >= 11 is 6.03. The normalized spacial score (nSPS) is 10.8. The molecule has 0 bridgehead atoms. The van der Waals surface area contributed by atoms with Gasteiger partial charge in [0, 0.05) is 18.0 Å². The summed E-state index contributed by atoms with van der Waals surface area (Å²) in [5.41, 5.74) is 1.65. The van der Waals surface area contributed by atoms with Crippen molar-refractivity contribution in [2.45, 2.75) is 19.9 Å². The number of hydrogen-bond acceptors (Lipinski definition) is 4. The molecule has 0 aliphatic carbocycles. The van der Waals surface area contributed by atoms with Gasteiger partial charge in [0.25, 0.3) is 5.56 Å². The average Bonchev–Trinajstić information content (AvgIpc) is 2.61. The molecule has 3 rings (SSSR count). The Bertz CT molecular complexity index is 1010. The second-order valence-electron chi connectivity index (χ2n) is 5.56. The van der Waals surface area contributed by atoms with Crippen LogP contribution in [0.5, 0.6) is 0 Å². The van der Waals surface area contributed by atoms with Gasteiger partial charge in [-0.3, -0.25) is 9.36 Å². The number of hydrogen-bond donors (Lipinski definition) is 0. The van der Waals surface area contributed by atoms with Crippen LogP contribution in [-0.2, 0) is 17.7 Å². The predicted octanol–water partition coefficient (Wildman–Crippen LogP) is 3.45. The van der Waals surface area contributed by atoms with Crippen molar-refractivity contribution in [3.8, 4) is 0 Å². The summed E-state index contributed by atoms with van der Waals surface area (Å²) in [5, 5.41) is 1.05. The molecule has 1 heterocycles. The standard InChI is InChI=1S/C19H17ClN2O3/c1-3-22-17(10-12-6-4-5-7-14(12)19(24)25-2)21-16-11-13(20)8-9-15(16)18(22)23/h4-9,11H,3,10H2,1-2H3. The predicted molar refractivity (Wildman–Crippen MR) is 97.3 cm³/mol. The summed E-state index contributed by atoms with van der Waals surface area (Å²) < 4.78 is 6.45. The third-order valence-corrected chi connectivity index (χ3v) is 4.32. The van der Waals surface area contributed by atoms with Crippen molar-refractivity contribution in [3.05, 3.63) is 74.8 Å². The molecule has 0 spiro atoms. The zero-order chi connectivity index (χ0) is 18.0. The molecule has 128 valence electrons. The topological polar surface area (TPSA) is 61.2 Å². The van der Waals surface area contributed by atoms with Crippen LogP contribution in [0.3, 0.4) is 0 Å². The molecule has 0 saturated heterocycles. The number of carbonyl (C=O) groups is 1. The van der Waals surface area contributed by atoms with Crippen molar-refractivity contribution in [2.24, 2.45) is 0 Å². The van der Waals surface area contributed by atoms with Gasteiger partial charge in [0.1, 0.15) is 5.82 Å². The number of esters is 1. The average molecular weight is 357 g/mol. The molecule has 0 saturated carbocycles. The molecule has 0 N–H and O–H groups in total. The Kier molecular flexibility index (Phi) is 4.86. The Morgan fingerprint density at radius 1 is 1.24 bits per heavy atom. The van der Waals surface area contributed by atoms with Crippen molar-refractivity contribution >= 4 is 28.5 Å². The number of fused-ring (bicyclic) bond motifs is 1. The van der Waals surface area contributed by atoms with Gasteiger partial charge in [-0.05, 0) is 36.8 Å². The maximum Gasteiger partial charge on any atom is 0.338 e. The van der Waals surface area contributed by atoms with Crippen LogP contribution < -0.4 is 5.56 Å². The molecule has 0 aliphatic heterocycles. The van der Waals surface area contributed by atoms with E-state index in [9.17, 15) is 9.59 Å². The van der Waals surface area contributed by atoms with Gasteiger partial charge in [-0.1, -0.05) is 29.8 Å². The van der Waals surface area contributed by atoms with E-state index in [2.05, 4.69) is 4.98 Å². The van der Waals surface area contributed by atoms with Gasteiger partial charge < -0.3 is 4.74 Å². The van der Waals surface area contributed by atoms with Crippen molar-refractivity contribution in [3.63, 3.8) is 0 Å². The molecule has 0 fully saturated rings. The third-order valence-electron chi connectivity index (χ3n) is 4.08. The zero-order valence-corrected chi connectivity index (χ0v) is 14.7. The van der Waals surface area contributed by atoms with E-state index in [1.54, 1.807) is 34.9 Å². The van der Waals surface area contributed by atoms with E-state index >= 15 is 0 Å². The molecule has 6 heteroatoms. The Hall–Kier alpha value is -2.66. The van der Waals surface area contributed by atoms with Gasteiger partial charge in [-0.15, -0.1) is 0 Å². The van der Waals surface area contributed by atoms with Gasteiger partial charge in [0.2, 0.25) is 0 Å². The van der Waals surface area contributed by atoms with Crippen LogP contribution in [0.15, 0.2) is 47.3 Å². The molecular formula is C19H17ClN2O3. The van der Waals surface area contributed by atoms with Crippen LogP contribution in [-0.4, -0.2) is 22.6 Å². The number of rotatable bonds is 4. The first-order valence-corrected chi connectivity index (χ1v) is 8.28. The first-order valence-electron chi connectivity index (χ1n) is 7.90. The van der Waals surface area contributed by atoms with Gasteiger partial charge in [-0.25, -0.2) is 9.78 Å². The van der Waals surface area contributed by atoms with Gasteiger partial charge in [0.15, 0.2) is 0 Å². The fourth-order valence-corrected chi connectivity index (χ4v) is 3.02. The van der Waals surface area contributed by atoms with Gasteiger partial charge >= 0.3 is 5.97 Å². The lowest BCUT2D eigenvalue weighted by Crippen LogP contribution is -2.25. The largest absolute Gasteiger partial charge is 0.465 e. The molecule has 0 radical (unpaired) electrons. The second-order valence-corrected chi connectivity index (χ2v) is 6.00. The summed E-state index contributed by atoms with van der Waals surface area (Å²) in [6.07, 6.45) is 0.344. The number of carbonyl (C=O) groups excluding carboxylic acids is 1. The molecule has 0 unspecified atom stereocenters. The fraction of sp³-hybridized carbons (Fsp3) is 0.211. The van der Waals surface area contributed by atoms with Gasteiger partial charge in [-0.2, -0.15) is 0 Å². The number of aromatic nitrogens is 2. The summed E-state index contributed by atoms with van der Waals surface area (Å²) in [5.74, 6) is 0.170. The van der Waals surface area contributed by atoms with Crippen LogP contribution in [0.25, 0.3) is 10.9 Å². The molecule has 1 aromatic heterocycles. The number of ether oxygens (including phenoxy) is 1. The number of halogens is 1. The van der Waals surface area contributed by atoms with E-state index in [1.807, 2.05) is 19.1 Å². The van der Waals surface area contributed by atoms with Crippen LogP contribution >= 0.6 is 11.6 Å². The highest BCUT2D eigenvalue weighted by Crippen LogP contribution is 2.18. The maximum absolute atomic E-state index is 12.7. The lowest BCUT2D eigenvalue weighted by atomic mass is 10.0. The SMILES string of the molecule is CCn1c(Cc2ccccc2C(=O)OC)nc2cc(Cl)ccc2c1=O. The van der Waals surface area contributed by atoms with Crippen LogP contribution in [0.2, 0.25) is 5.02 Å². The van der Waals surface area contributed by atoms with Crippen molar-refractivity contribution in [2.75, 3.05) is 7.11 Å². The van der Waals surface area contributed by atoms with E-state index in [0.29, 0.717) is 40.3 Å². The molecule has 0 atom stereocenters. The fourth-order valence-electron chi connectivity index (χ4n) is 2.86. The minimum atomic E-state index is -0.412. The lowest BCUT2D eigenvalue weighted by Gasteiger charge is -2.13. The van der Waals surface area contributed by atoms with Crippen molar-refractivity contribution < 1.29 is 9.53 Å². The van der Waals surface area contributed by atoms with Crippen LogP contribution in [0.4, 0.5) is 0 Å². The highest BCUT2D eigenvalue weighted by Gasteiger charge is 2.15. The lowest BCUT2D eigenvalue weighted by molar-refractivity contribution is 0.0599. The first-order chi connectivity index (χ1) is 12.0. The highest BCUT2D eigenvalue weighted by molar-refractivity contribution is 6.31. The van der Waals surface area contributed by atoms with E-state index in [-0.39, 0.29) is 5.56 Å².